The Balaban J connectivity index is 1.51. The van der Waals surface area contributed by atoms with Crippen molar-refractivity contribution >= 4 is 40.4 Å². The summed E-state index contributed by atoms with van der Waals surface area (Å²) in [6, 6.07) is 23.1. The second-order valence-electron chi connectivity index (χ2n) is 6.09. The molecule has 0 spiro atoms. The van der Waals surface area contributed by atoms with Crippen LogP contribution in [0.5, 0.6) is 11.5 Å². The molecule has 0 unspecified atom stereocenters. The first-order valence-corrected chi connectivity index (χ1v) is 9.83. The van der Waals surface area contributed by atoms with Gasteiger partial charge in [0.2, 0.25) is 0 Å². The van der Waals surface area contributed by atoms with Crippen molar-refractivity contribution in [3.63, 3.8) is 0 Å². The zero-order valence-corrected chi connectivity index (χ0v) is 17.5. The first-order valence-electron chi connectivity index (χ1n) is 8.75. The molecule has 0 bridgehead atoms. The second kappa shape index (κ2) is 9.89. The van der Waals surface area contributed by atoms with Gasteiger partial charge in [-0.2, -0.15) is 5.10 Å². The average molecular weight is 485 g/mol. The molecular weight excluding hydrogens is 465 g/mol. The highest BCUT2D eigenvalue weighted by molar-refractivity contribution is 14.1. The highest BCUT2D eigenvalue weighted by Gasteiger charge is 2.03. The third-order valence-electron chi connectivity index (χ3n) is 3.87. The molecule has 0 saturated carbocycles. The summed E-state index contributed by atoms with van der Waals surface area (Å²) in [4.78, 5) is 12.0. The molecule has 5 nitrogen and oxygen atoms in total. The molecular formula is C22H20IN3O2. The maximum Gasteiger partial charge on any atom is 0.259 e. The number of hydrazone groups is 1. The lowest BCUT2D eigenvalue weighted by molar-refractivity contribution is -0.119. The van der Waals surface area contributed by atoms with Crippen molar-refractivity contribution in [3.05, 3.63) is 87.5 Å². The fraction of sp³-hybridized carbons (Fsp3) is 0.0909. The number of rotatable bonds is 7. The minimum atomic E-state index is -0.217. The Morgan fingerprint density at radius 2 is 1.82 bits per heavy atom. The van der Waals surface area contributed by atoms with Crippen molar-refractivity contribution in [2.75, 3.05) is 11.9 Å². The number of hydrogen-bond acceptors (Lipinski definition) is 4. The maximum absolute atomic E-state index is 12.0. The van der Waals surface area contributed by atoms with Crippen molar-refractivity contribution in [3.8, 4) is 11.5 Å². The molecule has 0 fully saturated rings. The van der Waals surface area contributed by atoms with Gasteiger partial charge in [-0.1, -0.05) is 30.3 Å². The molecule has 2 N–H and O–H groups in total. The van der Waals surface area contributed by atoms with Crippen molar-refractivity contribution in [2.45, 2.75) is 6.92 Å². The lowest BCUT2D eigenvalue weighted by atomic mass is 10.2. The lowest BCUT2D eigenvalue weighted by Crippen LogP contribution is -2.26. The first-order chi connectivity index (χ1) is 13.6. The number of carbonyl (C=O) groups excluding carboxylic acids is 1. The summed E-state index contributed by atoms with van der Waals surface area (Å²) in [5, 5.41) is 7.13. The van der Waals surface area contributed by atoms with Gasteiger partial charge in [0.05, 0.1) is 12.8 Å². The van der Waals surface area contributed by atoms with Crippen LogP contribution in [0.4, 0.5) is 5.69 Å². The van der Waals surface area contributed by atoms with E-state index < -0.39 is 0 Å². The molecule has 6 heteroatoms. The largest absolute Gasteiger partial charge is 0.457 e. The number of nitrogens with one attached hydrogen (secondary N) is 2. The predicted octanol–water partition coefficient (Wildman–Crippen LogP) is 4.95. The van der Waals surface area contributed by atoms with Crippen LogP contribution in [0.2, 0.25) is 0 Å². The standard InChI is InChI=1S/C22H20IN3O2/c1-16-12-18(23)10-11-21(16)24-15-22(27)26-25-14-17-6-5-9-20(13-17)28-19-7-3-2-4-8-19/h2-14,24H,15H2,1H3,(H,26,27)/b25-14+. The molecule has 3 aromatic carbocycles. The van der Waals surface area contributed by atoms with Crippen LogP contribution >= 0.6 is 22.6 Å². The zero-order valence-electron chi connectivity index (χ0n) is 15.4. The van der Waals surface area contributed by atoms with E-state index in [-0.39, 0.29) is 12.5 Å². The molecule has 0 aliphatic carbocycles. The molecule has 0 aliphatic rings. The number of amides is 1. The number of nitrogens with zero attached hydrogens (tertiary/aromatic N) is 1. The SMILES string of the molecule is Cc1cc(I)ccc1NCC(=O)N/N=C/c1cccc(Oc2ccccc2)c1. The minimum Gasteiger partial charge on any atom is -0.457 e. The zero-order chi connectivity index (χ0) is 19.8. The summed E-state index contributed by atoms with van der Waals surface area (Å²) in [6.07, 6.45) is 1.59. The van der Waals surface area contributed by atoms with Gasteiger partial charge >= 0.3 is 0 Å². The fourth-order valence-electron chi connectivity index (χ4n) is 2.50. The van der Waals surface area contributed by atoms with Gasteiger partial charge in [-0.25, -0.2) is 5.43 Å². The van der Waals surface area contributed by atoms with E-state index in [1.165, 1.54) is 0 Å². The normalized spacial score (nSPS) is 10.6. The molecule has 142 valence electrons. The van der Waals surface area contributed by atoms with Crippen molar-refractivity contribution in [1.82, 2.24) is 5.43 Å². The Morgan fingerprint density at radius 3 is 2.61 bits per heavy atom. The molecule has 0 saturated heterocycles. The van der Waals surface area contributed by atoms with Gasteiger partial charge < -0.3 is 10.1 Å². The fourth-order valence-corrected chi connectivity index (χ4v) is 3.15. The predicted molar refractivity (Wildman–Crippen MR) is 121 cm³/mol. The highest BCUT2D eigenvalue weighted by atomic mass is 127. The molecule has 0 radical (unpaired) electrons. The molecule has 0 aromatic heterocycles. The van der Waals surface area contributed by atoms with Crippen LogP contribution in [-0.2, 0) is 4.79 Å². The molecule has 0 heterocycles. The van der Waals surface area contributed by atoms with Gasteiger partial charge in [-0.05, 0) is 83.1 Å². The van der Waals surface area contributed by atoms with E-state index in [9.17, 15) is 4.79 Å². The van der Waals surface area contributed by atoms with Gasteiger partial charge in [0, 0.05) is 9.26 Å². The van der Waals surface area contributed by atoms with Crippen LogP contribution in [0, 0.1) is 10.5 Å². The molecule has 1 amide bonds. The van der Waals surface area contributed by atoms with Gasteiger partial charge in [-0.15, -0.1) is 0 Å². The Labute approximate surface area is 178 Å². The summed E-state index contributed by atoms with van der Waals surface area (Å²) in [7, 11) is 0. The Morgan fingerprint density at radius 1 is 1.04 bits per heavy atom. The number of carbonyl (C=O) groups is 1. The summed E-state index contributed by atoms with van der Waals surface area (Å²) in [6.45, 7) is 2.15. The average Bonchev–Trinajstić information content (AvgIpc) is 2.68. The van der Waals surface area contributed by atoms with E-state index in [0.717, 1.165) is 26.1 Å². The van der Waals surface area contributed by atoms with E-state index in [2.05, 4.69) is 44.5 Å². The summed E-state index contributed by atoms with van der Waals surface area (Å²) < 4.78 is 6.95. The molecule has 0 atom stereocenters. The van der Waals surface area contributed by atoms with E-state index in [1.807, 2.05) is 73.7 Å². The van der Waals surface area contributed by atoms with Gasteiger partial charge in [-0.3, -0.25) is 4.79 Å². The molecule has 3 aromatic rings. The summed E-state index contributed by atoms with van der Waals surface area (Å²) in [5.74, 6) is 1.25. The van der Waals surface area contributed by atoms with Crippen molar-refractivity contribution in [2.24, 2.45) is 5.10 Å². The Kier molecular flexibility index (Phi) is 7.02. The van der Waals surface area contributed by atoms with Gasteiger partial charge in [0.1, 0.15) is 11.5 Å². The lowest BCUT2D eigenvalue weighted by Gasteiger charge is -2.09. The molecule has 28 heavy (non-hydrogen) atoms. The third-order valence-corrected chi connectivity index (χ3v) is 4.54. The van der Waals surface area contributed by atoms with Gasteiger partial charge in [0.15, 0.2) is 0 Å². The van der Waals surface area contributed by atoms with E-state index >= 15 is 0 Å². The van der Waals surface area contributed by atoms with E-state index in [1.54, 1.807) is 6.21 Å². The smallest absolute Gasteiger partial charge is 0.259 e. The Bertz CT molecular complexity index is 975. The number of ether oxygens (including phenoxy) is 1. The maximum atomic E-state index is 12.0. The number of anilines is 1. The monoisotopic (exact) mass is 485 g/mol. The molecule has 3 rings (SSSR count). The van der Waals surface area contributed by atoms with Crippen LogP contribution in [-0.4, -0.2) is 18.7 Å². The second-order valence-corrected chi connectivity index (χ2v) is 7.34. The quantitative estimate of drug-likeness (QED) is 0.283. The van der Waals surface area contributed by atoms with Crippen LogP contribution in [0.25, 0.3) is 0 Å². The van der Waals surface area contributed by atoms with E-state index in [4.69, 9.17) is 4.74 Å². The van der Waals surface area contributed by atoms with Crippen molar-refractivity contribution < 1.29 is 9.53 Å². The van der Waals surface area contributed by atoms with Gasteiger partial charge in [0.25, 0.3) is 5.91 Å². The molecule has 0 aliphatic heterocycles. The number of benzene rings is 3. The number of para-hydroxylation sites is 1. The Hall–Kier alpha value is -2.87. The number of hydrogen-bond donors (Lipinski definition) is 2. The summed E-state index contributed by atoms with van der Waals surface area (Å²) in [5.41, 5.74) is 5.39. The van der Waals surface area contributed by atoms with Crippen LogP contribution in [0.15, 0.2) is 77.9 Å². The number of halogens is 1. The third kappa shape index (κ3) is 6.09. The van der Waals surface area contributed by atoms with E-state index in [0.29, 0.717) is 5.75 Å². The van der Waals surface area contributed by atoms with Crippen LogP contribution in [0.1, 0.15) is 11.1 Å². The van der Waals surface area contributed by atoms with Crippen LogP contribution in [0.3, 0.4) is 0 Å². The first kappa shape index (κ1) is 19.9. The number of aryl methyl sites for hydroxylation is 1. The highest BCUT2D eigenvalue weighted by Crippen LogP contribution is 2.21. The topological polar surface area (TPSA) is 62.7 Å². The minimum absolute atomic E-state index is 0.149. The van der Waals surface area contributed by atoms with Crippen molar-refractivity contribution in [1.29, 1.82) is 0 Å². The van der Waals surface area contributed by atoms with Crippen LogP contribution < -0.4 is 15.5 Å². The summed E-state index contributed by atoms with van der Waals surface area (Å²) >= 11 is 2.26.